The molecule has 20 heavy (non-hydrogen) atoms. The van der Waals surface area contributed by atoms with E-state index < -0.39 is 0 Å². The van der Waals surface area contributed by atoms with Crippen LogP contribution in [0, 0.1) is 0 Å². The van der Waals surface area contributed by atoms with E-state index in [0.717, 1.165) is 16.7 Å². The van der Waals surface area contributed by atoms with E-state index in [2.05, 4.69) is 15.3 Å². The minimum absolute atomic E-state index is 0.523. The molecule has 1 heterocycles. The smallest absolute Gasteiger partial charge is 0.258 e. The Hall–Kier alpha value is -2.62. The lowest BCUT2D eigenvalue weighted by molar-refractivity contribution is 0.329. The Balaban J connectivity index is 2.05. The van der Waals surface area contributed by atoms with Crippen LogP contribution in [0.25, 0.3) is 11.0 Å². The fourth-order valence-corrected chi connectivity index (χ4v) is 1.96. The van der Waals surface area contributed by atoms with Gasteiger partial charge in [-0.1, -0.05) is 30.3 Å². The van der Waals surface area contributed by atoms with Gasteiger partial charge in [0.1, 0.15) is 0 Å². The third-order valence-electron chi connectivity index (χ3n) is 2.86. The first-order valence-electron chi connectivity index (χ1n) is 6.58. The number of hydrogen-bond acceptors (Lipinski definition) is 4. The van der Waals surface area contributed by atoms with E-state index in [1.807, 2.05) is 61.5 Å². The van der Waals surface area contributed by atoms with Crippen molar-refractivity contribution in [3.63, 3.8) is 0 Å². The molecule has 0 saturated carbocycles. The molecule has 0 radical (unpaired) electrons. The van der Waals surface area contributed by atoms with Crippen molar-refractivity contribution in [1.82, 2.24) is 9.97 Å². The molecule has 0 fully saturated rings. The van der Waals surface area contributed by atoms with E-state index in [1.54, 1.807) is 0 Å². The largest absolute Gasteiger partial charge is 0.475 e. The van der Waals surface area contributed by atoms with Crippen molar-refractivity contribution in [1.29, 1.82) is 0 Å². The lowest BCUT2D eigenvalue weighted by Gasteiger charge is -2.11. The van der Waals surface area contributed by atoms with Crippen LogP contribution in [0.15, 0.2) is 54.6 Å². The highest BCUT2D eigenvalue weighted by Gasteiger charge is 2.09. The Morgan fingerprint density at radius 1 is 0.900 bits per heavy atom. The van der Waals surface area contributed by atoms with Crippen molar-refractivity contribution in [2.45, 2.75) is 6.92 Å². The quantitative estimate of drug-likeness (QED) is 0.780. The highest BCUT2D eigenvalue weighted by atomic mass is 16.5. The monoisotopic (exact) mass is 265 g/mol. The number of nitrogens with zero attached hydrogens (tertiary/aromatic N) is 2. The molecule has 3 rings (SSSR count). The molecule has 0 amide bonds. The summed E-state index contributed by atoms with van der Waals surface area (Å²) in [5, 5.41) is 3.25. The summed E-state index contributed by atoms with van der Waals surface area (Å²) in [5.74, 6) is 1.16. The molecule has 0 aliphatic rings. The summed E-state index contributed by atoms with van der Waals surface area (Å²) in [6.45, 7) is 2.49. The first-order chi connectivity index (χ1) is 9.86. The van der Waals surface area contributed by atoms with E-state index in [0.29, 0.717) is 18.3 Å². The Kier molecular flexibility index (Phi) is 3.46. The topological polar surface area (TPSA) is 47.0 Å². The highest BCUT2D eigenvalue weighted by Crippen LogP contribution is 2.26. The summed E-state index contributed by atoms with van der Waals surface area (Å²) in [5.41, 5.74) is 2.63. The van der Waals surface area contributed by atoms with Gasteiger partial charge in [0.15, 0.2) is 5.82 Å². The van der Waals surface area contributed by atoms with E-state index in [-0.39, 0.29) is 0 Å². The second kappa shape index (κ2) is 5.57. The fraction of sp³-hybridized carbons (Fsp3) is 0.125. The fourth-order valence-electron chi connectivity index (χ4n) is 1.96. The van der Waals surface area contributed by atoms with Gasteiger partial charge in [-0.2, -0.15) is 0 Å². The van der Waals surface area contributed by atoms with Gasteiger partial charge in [-0.25, -0.2) is 9.97 Å². The number of para-hydroxylation sites is 3. The molecule has 4 heteroatoms. The summed E-state index contributed by atoms with van der Waals surface area (Å²) in [7, 11) is 0. The summed E-state index contributed by atoms with van der Waals surface area (Å²) >= 11 is 0. The minimum Gasteiger partial charge on any atom is -0.475 e. The van der Waals surface area contributed by atoms with E-state index >= 15 is 0 Å². The third-order valence-corrected chi connectivity index (χ3v) is 2.86. The molecule has 0 aliphatic heterocycles. The van der Waals surface area contributed by atoms with Crippen molar-refractivity contribution >= 4 is 22.5 Å². The first kappa shape index (κ1) is 12.4. The maximum absolute atomic E-state index is 5.58. The molecule has 1 aromatic heterocycles. The number of fused-ring (bicyclic) bond motifs is 1. The first-order valence-corrected chi connectivity index (χ1v) is 6.58. The van der Waals surface area contributed by atoms with Crippen molar-refractivity contribution in [2.24, 2.45) is 0 Å². The lowest BCUT2D eigenvalue weighted by atomic mass is 10.3. The SMILES string of the molecule is CCOc1nc2ccccc2nc1Nc1ccccc1. The van der Waals surface area contributed by atoms with Crippen molar-refractivity contribution in [3.8, 4) is 5.88 Å². The Morgan fingerprint density at radius 2 is 1.55 bits per heavy atom. The minimum atomic E-state index is 0.523. The van der Waals surface area contributed by atoms with Crippen molar-refractivity contribution < 1.29 is 4.74 Å². The number of hydrogen-bond donors (Lipinski definition) is 1. The highest BCUT2D eigenvalue weighted by molar-refractivity contribution is 5.78. The van der Waals surface area contributed by atoms with Crippen molar-refractivity contribution in [2.75, 3.05) is 11.9 Å². The molecule has 1 N–H and O–H groups in total. The number of benzene rings is 2. The van der Waals surface area contributed by atoms with Crippen LogP contribution in [0.1, 0.15) is 6.92 Å². The van der Waals surface area contributed by atoms with Crippen LogP contribution in [-0.4, -0.2) is 16.6 Å². The van der Waals surface area contributed by atoms with Gasteiger partial charge in [-0.3, -0.25) is 0 Å². The third kappa shape index (κ3) is 2.54. The van der Waals surface area contributed by atoms with Crippen LogP contribution < -0.4 is 10.1 Å². The van der Waals surface area contributed by atoms with Gasteiger partial charge < -0.3 is 10.1 Å². The van der Waals surface area contributed by atoms with Gasteiger partial charge in [0.25, 0.3) is 5.88 Å². The lowest BCUT2D eigenvalue weighted by Crippen LogP contribution is -2.03. The zero-order valence-electron chi connectivity index (χ0n) is 11.2. The molecule has 4 nitrogen and oxygen atoms in total. The second-order valence-electron chi connectivity index (χ2n) is 4.29. The Bertz CT molecular complexity index is 713. The normalized spacial score (nSPS) is 10.4. The number of ether oxygens (including phenoxy) is 1. The summed E-state index contributed by atoms with van der Waals surface area (Å²) in [6, 6.07) is 17.6. The maximum Gasteiger partial charge on any atom is 0.258 e. The van der Waals surface area contributed by atoms with Crippen LogP contribution >= 0.6 is 0 Å². The standard InChI is InChI=1S/C16H15N3O/c1-2-20-16-15(17-12-8-4-3-5-9-12)18-13-10-6-7-11-14(13)19-16/h3-11H,2H2,1H3,(H,17,18). The van der Waals surface area contributed by atoms with Crippen LogP contribution in [0.3, 0.4) is 0 Å². The second-order valence-corrected chi connectivity index (χ2v) is 4.29. The van der Waals surface area contributed by atoms with Gasteiger partial charge >= 0.3 is 0 Å². The Labute approximate surface area is 117 Å². The molecule has 100 valence electrons. The predicted molar refractivity (Wildman–Crippen MR) is 80.4 cm³/mol. The van der Waals surface area contributed by atoms with Gasteiger partial charge in [0.05, 0.1) is 17.6 Å². The molecule has 0 aliphatic carbocycles. The predicted octanol–water partition coefficient (Wildman–Crippen LogP) is 3.77. The summed E-state index contributed by atoms with van der Waals surface area (Å²) in [4.78, 5) is 9.10. The van der Waals surface area contributed by atoms with Crippen LogP contribution in [-0.2, 0) is 0 Å². The van der Waals surface area contributed by atoms with Crippen LogP contribution in [0.2, 0.25) is 0 Å². The van der Waals surface area contributed by atoms with E-state index in [1.165, 1.54) is 0 Å². The van der Waals surface area contributed by atoms with E-state index in [4.69, 9.17) is 4.74 Å². The number of rotatable bonds is 4. The molecule has 0 bridgehead atoms. The molecule has 0 spiro atoms. The van der Waals surface area contributed by atoms with Crippen LogP contribution in [0.4, 0.5) is 11.5 Å². The number of anilines is 2. The summed E-state index contributed by atoms with van der Waals surface area (Å²) < 4.78 is 5.58. The average molecular weight is 265 g/mol. The number of nitrogens with one attached hydrogen (secondary N) is 1. The van der Waals surface area contributed by atoms with E-state index in [9.17, 15) is 0 Å². The maximum atomic E-state index is 5.58. The zero-order chi connectivity index (χ0) is 13.8. The molecular weight excluding hydrogens is 250 g/mol. The molecule has 3 aromatic rings. The molecule has 0 atom stereocenters. The summed E-state index contributed by atoms with van der Waals surface area (Å²) in [6.07, 6.45) is 0. The Morgan fingerprint density at radius 3 is 2.25 bits per heavy atom. The molecule has 0 unspecified atom stereocenters. The van der Waals surface area contributed by atoms with Crippen molar-refractivity contribution in [3.05, 3.63) is 54.6 Å². The van der Waals surface area contributed by atoms with Gasteiger partial charge in [0, 0.05) is 5.69 Å². The zero-order valence-corrected chi connectivity index (χ0v) is 11.2. The average Bonchev–Trinajstić information content (AvgIpc) is 2.49. The number of aromatic nitrogens is 2. The van der Waals surface area contributed by atoms with Crippen LogP contribution in [0.5, 0.6) is 5.88 Å². The van der Waals surface area contributed by atoms with Gasteiger partial charge in [-0.15, -0.1) is 0 Å². The van der Waals surface area contributed by atoms with Gasteiger partial charge in [-0.05, 0) is 31.2 Å². The van der Waals surface area contributed by atoms with Gasteiger partial charge in [0.2, 0.25) is 0 Å². The molecule has 2 aromatic carbocycles. The molecule has 0 saturated heterocycles. The molecular formula is C16H15N3O.